The molecule has 1 fully saturated rings. The Bertz CT molecular complexity index is 583. The largest absolute Gasteiger partial charge is 0.328 e. The first-order valence-electron chi connectivity index (χ1n) is 7.31. The smallest absolute Gasteiger partial charge is 0.247 e. The monoisotopic (exact) mass is 302 g/mol. The van der Waals surface area contributed by atoms with Crippen LogP contribution in [0.5, 0.6) is 0 Å². The van der Waals surface area contributed by atoms with Gasteiger partial charge >= 0.3 is 0 Å². The molecule has 1 aromatic rings. The molecule has 6 heteroatoms. The number of pyridine rings is 1. The van der Waals surface area contributed by atoms with Gasteiger partial charge in [-0.15, -0.1) is 0 Å². The molecule has 1 aliphatic heterocycles. The van der Waals surface area contributed by atoms with Crippen molar-refractivity contribution in [3.63, 3.8) is 0 Å². The molecular formula is C16H22N4O2. The van der Waals surface area contributed by atoms with Gasteiger partial charge in [0.1, 0.15) is 12.4 Å². The number of likely N-dealkylation sites (N-methyl/N-ethyl adjacent to an activating group) is 1. The standard InChI is InChI=1S/C16H22N4O2/c1-13-6-4-7-14(17-13)20-11-10-19(12-16(20)22)15(21)8-5-9-18(2)3/h4-8H,9-12H2,1-3H3/b8-5+. The van der Waals surface area contributed by atoms with Crippen LogP contribution in [-0.2, 0) is 9.59 Å². The lowest BCUT2D eigenvalue weighted by Gasteiger charge is -2.33. The van der Waals surface area contributed by atoms with Crippen LogP contribution in [-0.4, -0.2) is 66.9 Å². The van der Waals surface area contributed by atoms with Gasteiger partial charge in [-0.2, -0.15) is 0 Å². The van der Waals surface area contributed by atoms with Crippen LogP contribution in [0.1, 0.15) is 5.69 Å². The molecule has 0 saturated carbocycles. The van der Waals surface area contributed by atoms with E-state index in [0.29, 0.717) is 25.5 Å². The Morgan fingerprint density at radius 3 is 2.77 bits per heavy atom. The zero-order valence-electron chi connectivity index (χ0n) is 13.3. The molecule has 2 heterocycles. The number of nitrogens with zero attached hydrogens (tertiary/aromatic N) is 4. The third-order valence-electron chi connectivity index (χ3n) is 3.41. The number of aromatic nitrogens is 1. The van der Waals surface area contributed by atoms with Crippen molar-refractivity contribution in [2.45, 2.75) is 6.92 Å². The molecule has 0 aliphatic carbocycles. The van der Waals surface area contributed by atoms with E-state index in [9.17, 15) is 9.59 Å². The van der Waals surface area contributed by atoms with Crippen LogP contribution >= 0.6 is 0 Å². The molecule has 2 rings (SSSR count). The SMILES string of the molecule is Cc1cccc(N2CCN(C(=O)/C=C/CN(C)C)CC2=O)n1. The van der Waals surface area contributed by atoms with E-state index < -0.39 is 0 Å². The van der Waals surface area contributed by atoms with E-state index in [-0.39, 0.29) is 18.4 Å². The number of anilines is 1. The maximum atomic E-state index is 12.3. The van der Waals surface area contributed by atoms with Gasteiger partial charge in [0, 0.05) is 31.4 Å². The highest BCUT2D eigenvalue weighted by atomic mass is 16.2. The predicted octanol–water partition coefficient (Wildman–Crippen LogP) is 0.683. The second-order valence-electron chi connectivity index (χ2n) is 5.61. The van der Waals surface area contributed by atoms with E-state index in [0.717, 1.165) is 5.69 Å². The van der Waals surface area contributed by atoms with E-state index in [1.165, 1.54) is 6.08 Å². The summed E-state index contributed by atoms with van der Waals surface area (Å²) < 4.78 is 0. The Hall–Kier alpha value is -2.21. The van der Waals surface area contributed by atoms with Gasteiger partial charge in [-0.05, 0) is 33.2 Å². The van der Waals surface area contributed by atoms with Gasteiger partial charge in [0.05, 0.1) is 0 Å². The summed E-state index contributed by atoms with van der Waals surface area (Å²) in [6.07, 6.45) is 3.34. The molecule has 0 N–H and O–H groups in total. The lowest BCUT2D eigenvalue weighted by molar-refractivity contribution is -0.133. The fraction of sp³-hybridized carbons (Fsp3) is 0.438. The Morgan fingerprint density at radius 1 is 1.36 bits per heavy atom. The first-order valence-corrected chi connectivity index (χ1v) is 7.31. The average molecular weight is 302 g/mol. The summed E-state index contributed by atoms with van der Waals surface area (Å²) in [7, 11) is 3.87. The van der Waals surface area contributed by atoms with E-state index in [4.69, 9.17) is 0 Å². The topological polar surface area (TPSA) is 56.8 Å². The summed E-state index contributed by atoms with van der Waals surface area (Å²) in [5.74, 6) is 0.436. The third-order valence-corrected chi connectivity index (χ3v) is 3.41. The summed E-state index contributed by atoms with van der Waals surface area (Å²) in [6.45, 7) is 3.69. The second kappa shape index (κ2) is 7.17. The highest BCUT2D eigenvalue weighted by Gasteiger charge is 2.27. The zero-order valence-corrected chi connectivity index (χ0v) is 13.3. The molecule has 0 radical (unpaired) electrons. The number of hydrogen-bond acceptors (Lipinski definition) is 4. The van der Waals surface area contributed by atoms with Crippen LogP contribution in [0.25, 0.3) is 0 Å². The van der Waals surface area contributed by atoms with Crippen LogP contribution < -0.4 is 4.90 Å². The van der Waals surface area contributed by atoms with Gasteiger partial charge in [-0.1, -0.05) is 12.1 Å². The number of aryl methyl sites for hydroxylation is 1. The van der Waals surface area contributed by atoms with Crippen LogP contribution in [0.3, 0.4) is 0 Å². The molecule has 22 heavy (non-hydrogen) atoms. The molecule has 2 amide bonds. The van der Waals surface area contributed by atoms with Crippen molar-refractivity contribution in [2.75, 3.05) is 45.2 Å². The minimum Gasteiger partial charge on any atom is -0.328 e. The fourth-order valence-corrected chi connectivity index (χ4v) is 2.25. The summed E-state index contributed by atoms with van der Waals surface area (Å²) in [6, 6.07) is 5.59. The second-order valence-corrected chi connectivity index (χ2v) is 5.61. The van der Waals surface area contributed by atoms with Crippen molar-refractivity contribution in [1.82, 2.24) is 14.8 Å². The van der Waals surface area contributed by atoms with Crippen molar-refractivity contribution in [1.29, 1.82) is 0 Å². The third kappa shape index (κ3) is 4.14. The highest BCUT2D eigenvalue weighted by Crippen LogP contribution is 2.15. The van der Waals surface area contributed by atoms with Gasteiger partial charge in [0.2, 0.25) is 11.8 Å². The number of carbonyl (C=O) groups is 2. The lowest BCUT2D eigenvalue weighted by Crippen LogP contribution is -2.52. The number of piperazine rings is 1. The van der Waals surface area contributed by atoms with Gasteiger partial charge in [-0.25, -0.2) is 4.98 Å². The molecule has 0 atom stereocenters. The lowest BCUT2D eigenvalue weighted by atomic mass is 10.2. The highest BCUT2D eigenvalue weighted by molar-refractivity contribution is 5.99. The maximum Gasteiger partial charge on any atom is 0.247 e. The minimum atomic E-state index is -0.118. The van der Waals surface area contributed by atoms with Crippen molar-refractivity contribution in [3.05, 3.63) is 36.0 Å². The van der Waals surface area contributed by atoms with E-state index in [1.54, 1.807) is 15.9 Å². The van der Waals surface area contributed by atoms with E-state index in [1.807, 2.05) is 44.1 Å². The van der Waals surface area contributed by atoms with Crippen molar-refractivity contribution in [2.24, 2.45) is 0 Å². The Balaban J connectivity index is 1.96. The molecule has 1 aromatic heterocycles. The Kier molecular flexibility index (Phi) is 5.27. The van der Waals surface area contributed by atoms with Crippen molar-refractivity contribution >= 4 is 17.6 Å². The first kappa shape index (κ1) is 16.2. The summed E-state index contributed by atoms with van der Waals surface area (Å²) in [5, 5.41) is 0. The molecule has 0 aromatic carbocycles. The van der Waals surface area contributed by atoms with Crippen LogP contribution in [0.15, 0.2) is 30.4 Å². The molecular weight excluding hydrogens is 280 g/mol. The number of carbonyl (C=O) groups excluding carboxylic acids is 2. The van der Waals surface area contributed by atoms with Gasteiger partial charge < -0.3 is 9.80 Å². The molecule has 0 bridgehead atoms. The van der Waals surface area contributed by atoms with Gasteiger partial charge in [0.15, 0.2) is 0 Å². The molecule has 1 aliphatic rings. The van der Waals surface area contributed by atoms with Crippen LogP contribution in [0, 0.1) is 6.92 Å². The number of amides is 2. The zero-order chi connectivity index (χ0) is 16.1. The van der Waals surface area contributed by atoms with Gasteiger partial charge in [0.25, 0.3) is 0 Å². The maximum absolute atomic E-state index is 12.3. The summed E-state index contributed by atoms with van der Waals surface area (Å²) >= 11 is 0. The normalized spacial score (nSPS) is 15.9. The fourth-order valence-electron chi connectivity index (χ4n) is 2.25. The van der Waals surface area contributed by atoms with Crippen molar-refractivity contribution < 1.29 is 9.59 Å². The van der Waals surface area contributed by atoms with E-state index >= 15 is 0 Å². The Labute approximate surface area is 131 Å². The predicted molar refractivity (Wildman–Crippen MR) is 85.6 cm³/mol. The first-order chi connectivity index (χ1) is 10.5. The van der Waals surface area contributed by atoms with Crippen LogP contribution in [0.2, 0.25) is 0 Å². The average Bonchev–Trinajstić information content (AvgIpc) is 2.46. The van der Waals surface area contributed by atoms with Crippen molar-refractivity contribution in [3.8, 4) is 0 Å². The van der Waals surface area contributed by atoms with Gasteiger partial charge in [-0.3, -0.25) is 14.5 Å². The Morgan fingerprint density at radius 2 is 2.14 bits per heavy atom. The van der Waals surface area contributed by atoms with Crippen LogP contribution in [0.4, 0.5) is 5.82 Å². The molecule has 1 saturated heterocycles. The number of hydrogen-bond donors (Lipinski definition) is 0. The number of rotatable bonds is 4. The molecule has 118 valence electrons. The molecule has 0 unspecified atom stereocenters. The summed E-state index contributed by atoms with van der Waals surface area (Å²) in [5.41, 5.74) is 0.871. The quantitative estimate of drug-likeness (QED) is 0.768. The minimum absolute atomic E-state index is 0.0980. The molecule has 6 nitrogen and oxygen atoms in total. The van der Waals surface area contributed by atoms with E-state index in [2.05, 4.69) is 4.98 Å². The summed E-state index contributed by atoms with van der Waals surface area (Å²) in [4.78, 5) is 33.9. The molecule has 0 spiro atoms.